The van der Waals surface area contributed by atoms with Crippen LogP contribution in [0.3, 0.4) is 0 Å². The summed E-state index contributed by atoms with van der Waals surface area (Å²) in [5.41, 5.74) is 3.60. The van der Waals surface area contributed by atoms with E-state index < -0.39 is 0 Å². The Morgan fingerprint density at radius 2 is 1.74 bits per heavy atom. The number of benzene rings is 1. The van der Waals surface area contributed by atoms with Gasteiger partial charge < -0.3 is 4.98 Å². The molecule has 0 bridgehead atoms. The molecule has 2 aromatic heterocycles. The van der Waals surface area contributed by atoms with Crippen molar-refractivity contribution >= 4 is 0 Å². The van der Waals surface area contributed by atoms with Crippen LogP contribution in [0.1, 0.15) is 11.5 Å². The lowest BCUT2D eigenvalue weighted by Crippen LogP contribution is -1.80. The van der Waals surface area contributed by atoms with E-state index >= 15 is 0 Å². The molecule has 0 aromatic carbocycles. The van der Waals surface area contributed by atoms with Gasteiger partial charge in [-0.25, -0.2) is 9.97 Å². The highest BCUT2D eigenvalue weighted by Gasteiger charge is 2.06. The number of fused-ring (bicyclic) bond motifs is 1. The van der Waals surface area contributed by atoms with Gasteiger partial charge in [0.15, 0.2) is 5.82 Å². The van der Waals surface area contributed by atoms with Crippen molar-refractivity contribution in [3.63, 3.8) is 0 Å². The highest BCUT2D eigenvalue weighted by atomic mass is 14.9. The van der Waals surface area contributed by atoms with Crippen molar-refractivity contribution in [3.8, 4) is 23.0 Å². The van der Waals surface area contributed by atoms with Gasteiger partial charge in [-0.2, -0.15) is 0 Å². The van der Waals surface area contributed by atoms with E-state index in [-0.39, 0.29) is 0 Å². The normalized spacial score (nSPS) is 9.68. The second-order valence-corrected chi connectivity index (χ2v) is 3.98. The Morgan fingerprint density at radius 1 is 0.842 bits per heavy atom. The minimum atomic E-state index is 0.658. The second kappa shape index (κ2) is 5.19. The number of aromatic nitrogens is 3. The predicted molar refractivity (Wildman–Crippen MR) is 74.2 cm³/mol. The number of aromatic amines is 1. The van der Waals surface area contributed by atoms with Gasteiger partial charge in [0.25, 0.3) is 0 Å². The molecule has 0 radical (unpaired) electrons. The smallest absolute Gasteiger partial charge is 0.183 e. The van der Waals surface area contributed by atoms with Crippen molar-refractivity contribution in [1.82, 2.24) is 15.0 Å². The molecule has 2 aliphatic carbocycles. The molecule has 0 aliphatic heterocycles. The summed E-state index contributed by atoms with van der Waals surface area (Å²) < 4.78 is 0. The van der Waals surface area contributed by atoms with Crippen molar-refractivity contribution in [3.05, 3.63) is 72.6 Å². The van der Waals surface area contributed by atoms with Crippen LogP contribution in [0.15, 0.2) is 61.1 Å². The lowest BCUT2D eigenvalue weighted by Gasteiger charge is -1.84. The van der Waals surface area contributed by atoms with Crippen LogP contribution >= 0.6 is 0 Å². The predicted octanol–water partition coefficient (Wildman–Crippen LogP) is 2.87. The molecule has 0 amide bonds. The summed E-state index contributed by atoms with van der Waals surface area (Å²) in [6, 6.07) is 14.1. The summed E-state index contributed by atoms with van der Waals surface area (Å²) in [5.74, 6) is 6.41. The lowest BCUT2D eigenvalue weighted by atomic mass is 10.3. The summed E-state index contributed by atoms with van der Waals surface area (Å²) in [5, 5.41) is 0. The molecule has 0 unspecified atom stereocenters. The molecule has 0 fully saturated rings. The van der Waals surface area contributed by atoms with Crippen molar-refractivity contribution < 1.29 is 0 Å². The number of H-pyrrole nitrogens is 1. The number of rotatable bonds is 0. The summed E-state index contributed by atoms with van der Waals surface area (Å²) >= 11 is 0. The topological polar surface area (TPSA) is 41.6 Å². The van der Waals surface area contributed by atoms with E-state index in [2.05, 4.69) is 51.1 Å². The van der Waals surface area contributed by atoms with Gasteiger partial charge in [0.05, 0.1) is 0 Å². The second-order valence-electron chi connectivity index (χ2n) is 3.98. The van der Waals surface area contributed by atoms with Gasteiger partial charge in [0.2, 0.25) is 0 Å². The lowest BCUT2D eigenvalue weighted by molar-refractivity contribution is 1.25. The van der Waals surface area contributed by atoms with Crippen molar-refractivity contribution in [2.75, 3.05) is 0 Å². The quantitative estimate of drug-likeness (QED) is 0.484. The minimum Gasteiger partial charge on any atom is -0.338 e. The molecule has 3 heteroatoms. The van der Waals surface area contributed by atoms with Crippen LogP contribution in [0.25, 0.3) is 11.1 Å². The van der Waals surface area contributed by atoms with E-state index in [0.29, 0.717) is 5.82 Å². The third-order valence-electron chi connectivity index (χ3n) is 2.58. The van der Waals surface area contributed by atoms with Crippen LogP contribution in [0.5, 0.6) is 0 Å². The first-order chi connectivity index (χ1) is 9.42. The molecule has 0 saturated heterocycles. The minimum absolute atomic E-state index is 0.658. The third kappa shape index (κ3) is 3.08. The first kappa shape index (κ1) is 11.2. The Balaban J connectivity index is 0.000000151. The maximum Gasteiger partial charge on any atom is 0.183 e. The average molecular weight is 245 g/mol. The first-order valence-electron chi connectivity index (χ1n) is 5.95. The molecule has 1 N–H and O–H groups in total. The molecule has 0 atom stereocenters. The molecular formula is C16H11N3. The maximum absolute atomic E-state index is 4.06. The standard InChI is InChI=1S/C10H7N3.C6H4/c1-2-6-11-9(3-1)4-5-10-12-7-8-13-10;1-2-5-4-6(5)3-1/h1-3,6-8H,(H,12,13);1-4H. The van der Waals surface area contributed by atoms with E-state index in [1.165, 1.54) is 11.1 Å². The number of hydrogen-bond donors (Lipinski definition) is 1. The number of hydrogen-bond acceptors (Lipinski definition) is 2. The van der Waals surface area contributed by atoms with Gasteiger partial charge in [-0.05, 0) is 41.2 Å². The number of nitrogens with one attached hydrogen (secondary N) is 1. The Bertz CT molecular complexity index is 702. The van der Waals surface area contributed by atoms with E-state index in [9.17, 15) is 0 Å². The largest absolute Gasteiger partial charge is 0.338 e. The number of nitrogens with zero attached hydrogens (tertiary/aromatic N) is 2. The van der Waals surface area contributed by atoms with E-state index in [1.54, 1.807) is 18.6 Å². The zero-order valence-electron chi connectivity index (χ0n) is 10.2. The molecule has 3 nitrogen and oxygen atoms in total. The summed E-state index contributed by atoms with van der Waals surface area (Å²) in [6.45, 7) is 0. The van der Waals surface area contributed by atoms with Gasteiger partial charge in [-0.3, -0.25) is 0 Å². The van der Waals surface area contributed by atoms with Gasteiger partial charge >= 0.3 is 0 Å². The maximum atomic E-state index is 4.06. The van der Waals surface area contributed by atoms with Gasteiger partial charge in [-0.15, -0.1) is 0 Å². The Hall–Kier alpha value is -2.86. The van der Waals surface area contributed by atoms with Crippen LogP contribution in [0.4, 0.5) is 0 Å². The van der Waals surface area contributed by atoms with E-state index in [1.807, 2.05) is 18.2 Å². The van der Waals surface area contributed by atoms with Crippen LogP contribution in [-0.2, 0) is 0 Å². The monoisotopic (exact) mass is 245 g/mol. The molecule has 4 rings (SSSR count). The fourth-order valence-electron chi connectivity index (χ4n) is 1.57. The molecular weight excluding hydrogens is 234 g/mol. The number of imidazole rings is 1. The summed E-state index contributed by atoms with van der Waals surface area (Å²) in [6.07, 6.45) is 5.12. The van der Waals surface area contributed by atoms with Gasteiger partial charge in [0.1, 0.15) is 5.69 Å². The zero-order chi connectivity index (χ0) is 12.9. The van der Waals surface area contributed by atoms with Crippen LogP contribution < -0.4 is 0 Å². The molecule has 90 valence electrons. The van der Waals surface area contributed by atoms with Crippen LogP contribution in [0.2, 0.25) is 0 Å². The molecule has 2 aliphatic rings. The van der Waals surface area contributed by atoms with E-state index in [4.69, 9.17) is 0 Å². The van der Waals surface area contributed by atoms with Crippen molar-refractivity contribution in [2.45, 2.75) is 0 Å². The molecule has 2 aromatic rings. The summed E-state index contributed by atoms with van der Waals surface area (Å²) in [7, 11) is 0. The zero-order valence-corrected chi connectivity index (χ0v) is 10.2. The van der Waals surface area contributed by atoms with E-state index in [0.717, 1.165) is 5.69 Å². The van der Waals surface area contributed by atoms with Gasteiger partial charge in [-0.1, -0.05) is 24.3 Å². The fourth-order valence-corrected chi connectivity index (χ4v) is 1.57. The summed E-state index contributed by atoms with van der Waals surface area (Å²) in [4.78, 5) is 10.9. The first-order valence-corrected chi connectivity index (χ1v) is 5.95. The highest BCUT2D eigenvalue weighted by molar-refractivity contribution is 5.80. The SMILES string of the molecule is C(#Cc1ncc[nH]1)c1ccccn1.c1cc2cc-2c1. The Morgan fingerprint density at radius 3 is 2.26 bits per heavy atom. The Labute approximate surface area is 111 Å². The molecule has 0 saturated carbocycles. The average Bonchev–Trinajstić information content (AvgIpc) is 2.88. The van der Waals surface area contributed by atoms with Crippen LogP contribution in [-0.4, -0.2) is 15.0 Å². The molecule has 0 spiro atoms. The van der Waals surface area contributed by atoms with Gasteiger partial charge in [0, 0.05) is 18.6 Å². The van der Waals surface area contributed by atoms with Crippen LogP contribution in [0, 0.1) is 11.8 Å². The van der Waals surface area contributed by atoms with Crippen molar-refractivity contribution in [1.29, 1.82) is 0 Å². The third-order valence-corrected chi connectivity index (χ3v) is 2.58. The molecule has 2 heterocycles. The fraction of sp³-hybridized carbons (Fsp3) is 0. The number of pyridine rings is 1. The molecule has 19 heavy (non-hydrogen) atoms. The Kier molecular flexibility index (Phi) is 3.07. The highest BCUT2D eigenvalue weighted by Crippen LogP contribution is 2.32. The van der Waals surface area contributed by atoms with Crippen molar-refractivity contribution in [2.24, 2.45) is 0 Å².